The van der Waals surface area contributed by atoms with Crippen molar-refractivity contribution in [2.45, 2.75) is 44.1 Å². The van der Waals surface area contributed by atoms with Gasteiger partial charge >= 0.3 is 0 Å². The summed E-state index contributed by atoms with van der Waals surface area (Å²) < 4.78 is 0. The molecule has 0 amide bonds. The predicted molar refractivity (Wildman–Crippen MR) is 55.6 cm³/mol. The fraction of sp³-hybridized carbons (Fsp3) is 1.00. The molecular weight excluding hydrogens is 160 g/mol. The van der Waals surface area contributed by atoms with Crippen molar-refractivity contribution in [1.29, 1.82) is 0 Å². The van der Waals surface area contributed by atoms with E-state index in [1.54, 1.807) is 0 Å². The van der Waals surface area contributed by atoms with E-state index >= 15 is 0 Å². The van der Waals surface area contributed by atoms with Crippen LogP contribution < -0.4 is 5.73 Å². The molecule has 2 nitrogen and oxygen atoms in total. The van der Waals surface area contributed by atoms with Gasteiger partial charge in [-0.2, -0.15) is 0 Å². The number of hydrogen-bond donors (Lipinski definition) is 1. The van der Waals surface area contributed by atoms with Crippen LogP contribution in [0.5, 0.6) is 0 Å². The summed E-state index contributed by atoms with van der Waals surface area (Å²) in [4.78, 5) is 2.40. The van der Waals surface area contributed by atoms with Crippen molar-refractivity contribution < 1.29 is 0 Å². The van der Waals surface area contributed by atoms with Gasteiger partial charge in [0.1, 0.15) is 0 Å². The first-order valence-corrected chi connectivity index (χ1v) is 5.68. The lowest BCUT2D eigenvalue weighted by Crippen LogP contribution is -2.53. The number of hydrogen-bond acceptors (Lipinski definition) is 2. The molecule has 0 unspecified atom stereocenters. The van der Waals surface area contributed by atoms with Gasteiger partial charge in [-0.25, -0.2) is 0 Å². The zero-order valence-corrected chi connectivity index (χ0v) is 8.76. The van der Waals surface area contributed by atoms with Gasteiger partial charge in [0, 0.05) is 5.54 Å². The van der Waals surface area contributed by atoms with E-state index in [1.165, 1.54) is 51.6 Å². The largest absolute Gasteiger partial charge is 0.325 e. The second-order valence-corrected chi connectivity index (χ2v) is 5.02. The summed E-state index contributed by atoms with van der Waals surface area (Å²) in [6, 6.07) is 0. The van der Waals surface area contributed by atoms with Gasteiger partial charge in [0.15, 0.2) is 0 Å². The number of piperidine rings is 1. The monoisotopic (exact) mass is 182 g/mol. The van der Waals surface area contributed by atoms with Gasteiger partial charge in [-0.3, -0.25) is 0 Å². The second kappa shape index (κ2) is 3.58. The minimum atomic E-state index is 0.197. The van der Waals surface area contributed by atoms with Crippen LogP contribution in [0.1, 0.15) is 38.5 Å². The van der Waals surface area contributed by atoms with E-state index in [9.17, 15) is 0 Å². The molecular formula is C11H22N2. The van der Waals surface area contributed by atoms with Crippen molar-refractivity contribution in [2.75, 3.05) is 20.1 Å². The van der Waals surface area contributed by atoms with E-state index in [0.29, 0.717) is 0 Å². The fourth-order valence-electron chi connectivity index (χ4n) is 2.94. The number of nitrogens with zero attached hydrogens (tertiary/aromatic N) is 1. The van der Waals surface area contributed by atoms with Gasteiger partial charge in [0.2, 0.25) is 0 Å². The Hall–Kier alpha value is -0.0800. The molecule has 76 valence electrons. The molecule has 1 aliphatic heterocycles. The Labute approximate surface area is 81.5 Å². The van der Waals surface area contributed by atoms with E-state index in [2.05, 4.69) is 11.9 Å². The predicted octanol–water partition coefficient (Wildman–Crippen LogP) is 1.60. The van der Waals surface area contributed by atoms with Gasteiger partial charge < -0.3 is 10.6 Å². The Kier molecular flexibility index (Phi) is 2.61. The highest BCUT2D eigenvalue weighted by molar-refractivity contribution is 4.96. The van der Waals surface area contributed by atoms with Gasteiger partial charge in [-0.1, -0.05) is 12.8 Å². The van der Waals surface area contributed by atoms with Gasteiger partial charge in [-0.05, 0) is 51.7 Å². The van der Waals surface area contributed by atoms with Crippen LogP contribution in [-0.2, 0) is 0 Å². The van der Waals surface area contributed by atoms with E-state index in [0.717, 1.165) is 5.92 Å². The van der Waals surface area contributed by atoms with Crippen molar-refractivity contribution in [2.24, 2.45) is 11.7 Å². The van der Waals surface area contributed by atoms with Crippen LogP contribution in [-0.4, -0.2) is 30.6 Å². The van der Waals surface area contributed by atoms with Crippen LogP contribution in [0.3, 0.4) is 0 Å². The molecule has 0 aromatic rings. The molecule has 0 radical (unpaired) electrons. The maximum absolute atomic E-state index is 6.50. The minimum absolute atomic E-state index is 0.197. The number of rotatable bonds is 1. The Balaban J connectivity index is 1.95. The topological polar surface area (TPSA) is 29.3 Å². The molecule has 2 aliphatic rings. The third-order valence-corrected chi connectivity index (χ3v) is 4.09. The summed E-state index contributed by atoms with van der Waals surface area (Å²) in [6.45, 7) is 2.40. The molecule has 2 fully saturated rings. The summed E-state index contributed by atoms with van der Waals surface area (Å²) in [5.41, 5.74) is 6.70. The lowest BCUT2D eigenvalue weighted by Gasteiger charge is -2.42. The van der Waals surface area contributed by atoms with Crippen LogP contribution in [0.2, 0.25) is 0 Å². The van der Waals surface area contributed by atoms with Crippen molar-refractivity contribution in [3.8, 4) is 0 Å². The molecule has 0 spiro atoms. The molecule has 1 aliphatic carbocycles. The van der Waals surface area contributed by atoms with Crippen molar-refractivity contribution in [1.82, 2.24) is 4.90 Å². The fourth-order valence-corrected chi connectivity index (χ4v) is 2.94. The number of nitrogens with two attached hydrogens (primary N) is 1. The van der Waals surface area contributed by atoms with E-state index < -0.39 is 0 Å². The Bertz CT molecular complexity index is 165. The Morgan fingerprint density at radius 1 is 1.15 bits per heavy atom. The van der Waals surface area contributed by atoms with Gasteiger partial charge in [0.25, 0.3) is 0 Å². The SMILES string of the molecule is CN1CCC(N)(C2CCCC2)CC1. The lowest BCUT2D eigenvalue weighted by molar-refractivity contribution is 0.138. The standard InChI is InChI=1S/C11H22N2/c1-13-8-6-11(12,7-9-13)10-4-2-3-5-10/h10H,2-9,12H2,1H3. The minimum Gasteiger partial charge on any atom is -0.325 e. The van der Waals surface area contributed by atoms with Crippen molar-refractivity contribution >= 4 is 0 Å². The van der Waals surface area contributed by atoms with E-state index in [1.807, 2.05) is 0 Å². The summed E-state index contributed by atoms with van der Waals surface area (Å²) in [7, 11) is 2.20. The molecule has 0 aromatic heterocycles. The molecule has 13 heavy (non-hydrogen) atoms. The molecule has 1 saturated carbocycles. The molecule has 0 atom stereocenters. The Morgan fingerprint density at radius 2 is 1.69 bits per heavy atom. The van der Waals surface area contributed by atoms with Gasteiger partial charge in [-0.15, -0.1) is 0 Å². The molecule has 2 N–H and O–H groups in total. The first-order chi connectivity index (χ1) is 6.21. The molecule has 0 aromatic carbocycles. The van der Waals surface area contributed by atoms with Crippen LogP contribution >= 0.6 is 0 Å². The number of likely N-dealkylation sites (tertiary alicyclic amines) is 1. The Morgan fingerprint density at radius 3 is 2.23 bits per heavy atom. The zero-order chi connectivity index (χ0) is 9.31. The highest BCUT2D eigenvalue weighted by Gasteiger charge is 2.38. The van der Waals surface area contributed by atoms with Crippen LogP contribution in [0, 0.1) is 5.92 Å². The molecule has 0 bridgehead atoms. The summed E-state index contributed by atoms with van der Waals surface area (Å²) >= 11 is 0. The van der Waals surface area contributed by atoms with Crippen LogP contribution in [0.25, 0.3) is 0 Å². The third kappa shape index (κ3) is 1.89. The quantitative estimate of drug-likeness (QED) is 0.667. The smallest absolute Gasteiger partial charge is 0.0207 e. The van der Waals surface area contributed by atoms with Crippen LogP contribution in [0.15, 0.2) is 0 Å². The molecule has 2 rings (SSSR count). The first kappa shape index (κ1) is 9.47. The molecule has 1 saturated heterocycles. The average Bonchev–Trinajstić information content (AvgIpc) is 2.63. The summed E-state index contributed by atoms with van der Waals surface area (Å²) in [5, 5.41) is 0. The average molecular weight is 182 g/mol. The summed E-state index contributed by atoms with van der Waals surface area (Å²) in [6.07, 6.45) is 8.04. The van der Waals surface area contributed by atoms with E-state index in [-0.39, 0.29) is 5.54 Å². The molecule has 1 heterocycles. The summed E-state index contributed by atoms with van der Waals surface area (Å²) in [5.74, 6) is 0.834. The van der Waals surface area contributed by atoms with E-state index in [4.69, 9.17) is 5.73 Å². The lowest BCUT2D eigenvalue weighted by atomic mass is 9.76. The maximum atomic E-state index is 6.50. The molecule has 2 heteroatoms. The van der Waals surface area contributed by atoms with Crippen LogP contribution in [0.4, 0.5) is 0 Å². The highest BCUT2D eigenvalue weighted by atomic mass is 15.1. The normalized spacial score (nSPS) is 30.9. The second-order valence-electron chi connectivity index (χ2n) is 5.02. The highest BCUT2D eigenvalue weighted by Crippen LogP contribution is 2.38. The maximum Gasteiger partial charge on any atom is 0.0207 e. The zero-order valence-electron chi connectivity index (χ0n) is 8.76. The van der Waals surface area contributed by atoms with Gasteiger partial charge in [0.05, 0.1) is 0 Å². The first-order valence-electron chi connectivity index (χ1n) is 5.68. The van der Waals surface area contributed by atoms with Crippen molar-refractivity contribution in [3.63, 3.8) is 0 Å². The third-order valence-electron chi connectivity index (χ3n) is 4.09. The van der Waals surface area contributed by atoms with Crippen molar-refractivity contribution in [3.05, 3.63) is 0 Å².